The van der Waals surface area contributed by atoms with Gasteiger partial charge in [-0.3, -0.25) is 0 Å². The number of rotatable bonds is 4. The fraction of sp³-hybridized carbons (Fsp3) is 0.308. The third-order valence-electron chi connectivity index (χ3n) is 2.74. The number of nitrogens with zero attached hydrogens (tertiary/aromatic N) is 2. The molecule has 0 aliphatic carbocycles. The molecular formula is C13H17N3. The molecule has 3 nitrogen and oxygen atoms in total. The lowest BCUT2D eigenvalue weighted by Crippen LogP contribution is -2.15. The molecule has 0 atom stereocenters. The summed E-state index contributed by atoms with van der Waals surface area (Å²) < 4.78 is 2.18. The van der Waals surface area contributed by atoms with E-state index in [9.17, 15) is 0 Å². The van der Waals surface area contributed by atoms with Gasteiger partial charge in [-0.05, 0) is 19.5 Å². The fourth-order valence-electron chi connectivity index (χ4n) is 1.82. The summed E-state index contributed by atoms with van der Waals surface area (Å²) in [5.41, 5.74) is 3.73. The van der Waals surface area contributed by atoms with Crippen LogP contribution in [-0.4, -0.2) is 23.1 Å². The minimum atomic E-state index is 0.945. The zero-order chi connectivity index (χ0) is 11.4. The first kappa shape index (κ1) is 10.9. The van der Waals surface area contributed by atoms with Crippen molar-refractivity contribution in [2.45, 2.75) is 13.5 Å². The molecule has 1 heterocycles. The molecule has 2 rings (SSSR count). The van der Waals surface area contributed by atoms with Gasteiger partial charge in [0.1, 0.15) is 0 Å². The Morgan fingerprint density at radius 1 is 1.31 bits per heavy atom. The van der Waals surface area contributed by atoms with Crippen molar-refractivity contribution in [2.24, 2.45) is 0 Å². The van der Waals surface area contributed by atoms with Crippen molar-refractivity contribution in [1.29, 1.82) is 0 Å². The normalized spacial score (nSPS) is 10.6. The molecule has 0 bridgehead atoms. The average molecular weight is 215 g/mol. The highest BCUT2D eigenvalue weighted by molar-refractivity contribution is 5.63. The highest BCUT2D eigenvalue weighted by Crippen LogP contribution is 2.22. The molecule has 1 aromatic carbocycles. The SMILES string of the molecule is CNCCn1cncc1-c1ccccc1C. The van der Waals surface area contributed by atoms with E-state index in [-0.39, 0.29) is 0 Å². The monoisotopic (exact) mass is 215 g/mol. The highest BCUT2D eigenvalue weighted by atomic mass is 15.1. The van der Waals surface area contributed by atoms with Gasteiger partial charge < -0.3 is 9.88 Å². The molecule has 0 aliphatic heterocycles. The molecule has 0 aliphatic rings. The predicted octanol–water partition coefficient (Wildman–Crippen LogP) is 2.08. The fourth-order valence-corrected chi connectivity index (χ4v) is 1.82. The minimum Gasteiger partial charge on any atom is -0.329 e. The van der Waals surface area contributed by atoms with Crippen molar-refractivity contribution in [1.82, 2.24) is 14.9 Å². The van der Waals surface area contributed by atoms with Gasteiger partial charge >= 0.3 is 0 Å². The molecule has 1 aromatic heterocycles. The molecule has 3 heteroatoms. The Hall–Kier alpha value is -1.61. The zero-order valence-corrected chi connectivity index (χ0v) is 9.77. The molecule has 2 aromatic rings. The Kier molecular flexibility index (Phi) is 3.37. The first-order valence-corrected chi connectivity index (χ1v) is 5.53. The molecule has 0 spiro atoms. The molecule has 0 fully saturated rings. The summed E-state index contributed by atoms with van der Waals surface area (Å²) in [5.74, 6) is 0. The van der Waals surface area contributed by atoms with E-state index in [1.165, 1.54) is 16.8 Å². The van der Waals surface area contributed by atoms with Gasteiger partial charge in [-0.1, -0.05) is 24.3 Å². The van der Waals surface area contributed by atoms with E-state index in [0.29, 0.717) is 0 Å². The van der Waals surface area contributed by atoms with Gasteiger partial charge in [0.2, 0.25) is 0 Å². The molecule has 16 heavy (non-hydrogen) atoms. The third-order valence-corrected chi connectivity index (χ3v) is 2.74. The summed E-state index contributed by atoms with van der Waals surface area (Å²) in [5, 5.41) is 3.15. The van der Waals surface area contributed by atoms with E-state index >= 15 is 0 Å². The molecule has 0 radical (unpaired) electrons. The van der Waals surface area contributed by atoms with Crippen LogP contribution in [0.5, 0.6) is 0 Å². The summed E-state index contributed by atoms with van der Waals surface area (Å²) in [6, 6.07) is 8.40. The Balaban J connectivity index is 2.33. The number of aryl methyl sites for hydroxylation is 1. The standard InChI is InChI=1S/C13H17N3/c1-11-5-3-4-6-12(11)13-9-15-10-16(13)8-7-14-2/h3-6,9-10,14H,7-8H2,1-2H3. The summed E-state index contributed by atoms with van der Waals surface area (Å²) in [6.07, 6.45) is 3.82. The number of hydrogen-bond donors (Lipinski definition) is 1. The minimum absolute atomic E-state index is 0.945. The largest absolute Gasteiger partial charge is 0.329 e. The molecule has 84 valence electrons. The number of benzene rings is 1. The summed E-state index contributed by atoms with van der Waals surface area (Å²) >= 11 is 0. The molecule has 0 unspecified atom stereocenters. The molecule has 0 saturated carbocycles. The second kappa shape index (κ2) is 4.94. The van der Waals surface area contributed by atoms with E-state index < -0.39 is 0 Å². The van der Waals surface area contributed by atoms with Crippen LogP contribution in [-0.2, 0) is 6.54 Å². The number of aromatic nitrogens is 2. The van der Waals surface area contributed by atoms with Crippen LogP contribution in [0.1, 0.15) is 5.56 Å². The highest BCUT2D eigenvalue weighted by Gasteiger charge is 2.06. The Morgan fingerprint density at radius 2 is 2.12 bits per heavy atom. The van der Waals surface area contributed by atoms with Crippen molar-refractivity contribution in [3.05, 3.63) is 42.4 Å². The Morgan fingerprint density at radius 3 is 2.88 bits per heavy atom. The van der Waals surface area contributed by atoms with Crippen LogP contribution in [0.15, 0.2) is 36.8 Å². The van der Waals surface area contributed by atoms with Gasteiger partial charge in [-0.15, -0.1) is 0 Å². The van der Waals surface area contributed by atoms with Gasteiger partial charge in [0.25, 0.3) is 0 Å². The van der Waals surface area contributed by atoms with Gasteiger partial charge in [-0.25, -0.2) is 4.98 Å². The van der Waals surface area contributed by atoms with E-state index in [1.54, 1.807) is 0 Å². The van der Waals surface area contributed by atoms with E-state index in [4.69, 9.17) is 0 Å². The first-order valence-electron chi connectivity index (χ1n) is 5.53. The topological polar surface area (TPSA) is 29.9 Å². The third kappa shape index (κ3) is 2.14. The van der Waals surface area contributed by atoms with E-state index in [2.05, 4.69) is 46.1 Å². The lowest BCUT2D eigenvalue weighted by Gasteiger charge is -2.09. The maximum Gasteiger partial charge on any atom is 0.0951 e. The quantitative estimate of drug-likeness (QED) is 0.846. The molecule has 1 N–H and O–H groups in total. The van der Waals surface area contributed by atoms with Crippen LogP contribution in [0.4, 0.5) is 0 Å². The number of hydrogen-bond acceptors (Lipinski definition) is 2. The van der Waals surface area contributed by atoms with Crippen molar-refractivity contribution in [3.8, 4) is 11.3 Å². The average Bonchev–Trinajstić information content (AvgIpc) is 2.75. The second-order valence-electron chi connectivity index (χ2n) is 3.89. The number of imidazole rings is 1. The zero-order valence-electron chi connectivity index (χ0n) is 9.77. The van der Waals surface area contributed by atoms with Gasteiger partial charge in [0.05, 0.1) is 18.2 Å². The van der Waals surface area contributed by atoms with Crippen molar-refractivity contribution >= 4 is 0 Å². The Bertz CT molecular complexity index is 460. The first-order chi connectivity index (χ1) is 7.83. The van der Waals surface area contributed by atoms with Crippen LogP contribution in [0, 0.1) is 6.92 Å². The lowest BCUT2D eigenvalue weighted by atomic mass is 10.1. The van der Waals surface area contributed by atoms with Crippen molar-refractivity contribution < 1.29 is 0 Å². The lowest BCUT2D eigenvalue weighted by molar-refractivity contribution is 0.648. The number of nitrogens with one attached hydrogen (secondary N) is 1. The van der Waals surface area contributed by atoms with Crippen molar-refractivity contribution in [2.75, 3.05) is 13.6 Å². The van der Waals surface area contributed by atoms with Gasteiger partial charge in [0, 0.05) is 18.7 Å². The van der Waals surface area contributed by atoms with Crippen molar-refractivity contribution in [3.63, 3.8) is 0 Å². The van der Waals surface area contributed by atoms with Gasteiger partial charge in [-0.2, -0.15) is 0 Å². The summed E-state index contributed by atoms with van der Waals surface area (Å²) in [6.45, 7) is 4.03. The maximum atomic E-state index is 4.23. The van der Waals surface area contributed by atoms with E-state index in [0.717, 1.165) is 13.1 Å². The van der Waals surface area contributed by atoms with Crippen LogP contribution < -0.4 is 5.32 Å². The maximum absolute atomic E-state index is 4.23. The van der Waals surface area contributed by atoms with Crippen LogP contribution in [0.25, 0.3) is 11.3 Å². The molecule has 0 saturated heterocycles. The van der Waals surface area contributed by atoms with Gasteiger partial charge in [0.15, 0.2) is 0 Å². The molecular weight excluding hydrogens is 198 g/mol. The van der Waals surface area contributed by atoms with Crippen LogP contribution in [0.3, 0.4) is 0 Å². The smallest absolute Gasteiger partial charge is 0.0951 e. The predicted molar refractivity (Wildman–Crippen MR) is 66.3 cm³/mol. The van der Waals surface area contributed by atoms with E-state index in [1.807, 2.05) is 19.6 Å². The Labute approximate surface area is 96.1 Å². The summed E-state index contributed by atoms with van der Waals surface area (Å²) in [7, 11) is 1.96. The molecule has 0 amide bonds. The van der Waals surface area contributed by atoms with Crippen LogP contribution >= 0.6 is 0 Å². The second-order valence-corrected chi connectivity index (χ2v) is 3.89. The number of likely N-dealkylation sites (N-methyl/N-ethyl adjacent to an activating group) is 1. The van der Waals surface area contributed by atoms with Crippen LogP contribution in [0.2, 0.25) is 0 Å². The summed E-state index contributed by atoms with van der Waals surface area (Å²) in [4.78, 5) is 4.23.